The number of nitrogens with zero attached hydrogens (tertiary/aromatic N) is 2. The van der Waals surface area contributed by atoms with Gasteiger partial charge in [-0.2, -0.15) is 0 Å². The summed E-state index contributed by atoms with van der Waals surface area (Å²) in [6.07, 6.45) is 3.16. The molecule has 5 nitrogen and oxygen atoms in total. The van der Waals surface area contributed by atoms with E-state index in [1.165, 1.54) is 0 Å². The molecule has 1 N–H and O–H groups in total. The fraction of sp³-hybridized carbons (Fsp3) is 0.278. The van der Waals surface area contributed by atoms with Crippen molar-refractivity contribution >= 4 is 29.1 Å². The Morgan fingerprint density at radius 1 is 1.25 bits per heavy atom. The van der Waals surface area contributed by atoms with E-state index in [9.17, 15) is 9.59 Å². The highest BCUT2D eigenvalue weighted by atomic mass is 35.5. The van der Waals surface area contributed by atoms with Crippen molar-refractivity contribution < 1.29 is 9.59 Å². The number of aryl methyl sites for hydroxylation is 1. The lowest BCUT2D eigenvalue weighted by Crippen LogP contribution is -2.41. The molecule has 124 valence electrons. The van der Waals surface area contributed by atoms with Gasteiger partial charge >= 0.3 is 0 Å². The molecule has 1 saturated heterocycles. The van der Waals surface area contributed by atoms with Gasteiger partial charge in [0, 0.05) is 24.9 Å². The fourth-order valence-corrected chi connectivity index (χ4v) is 3.02. The largest absolute Gasteiger partial charge is 0.344 e. The van der Waals surface area contributed by atoms with Gasteiger partial charge in [-0.3, -0.25) is 14.6 Å². The van der Waals surface area contributed by atoms with Crippen LogP contribution in [0.15, 0.2) is 48.7 Å². The van der Waals surface area contributed by atoms with E-state index in [0.29, 0.717) is 36.5 Å². The van der Waals surface area contributed by atoms with Crippen LogP contribution >= 0.6 is 11.6 Å². The van der Waals surface area contributed by atoms with Crippen molar-refractivity contribution in [3.63, 3.8) is 0 Å². The van der Waals surface area contributed by atoms with Crippen molar-refractivity contribution in [3.05, 3.63) is 59.4 Å². The van der Waals surface area contributed by atoms with Crippen LogP contribution in [0.25, 0.3) is 0 Å². The number of carbonyl (C=O) groups excluding carboxylic acids is 2. The summed E-state index contributed by atoms with van der Waals surface area (Å²) in [7, 11) is 0. The second-order valence-electron chi connectivity index (χ2n) is 5.67. The Bertz CT molecular complexity index is 736. The maximum Gasteiger partial charge on any atom is 0.249 e. The molecule has 2 heterocycles. The molecule has 2 amide bonds. The highest BCUT2D eigenvalue weighted by Gasteiger charge is 2.34. The van der Waals surface area contributed by atoms with Crippen LogP contribution in [-0.4, -0.2) is 29.4 Å². The molecule has 3 rings (SSSR count). The molecule has 1 aromatic heterocycles. The Labute approximate surface area is 145 Å². The number of rotatable bonds is 5. The van der Waals surface area contributed by atoms with Gasteiger partial charge in [-0.25, -0.2) is 0 Å². The topological polar surface area (TPSA) is 62.3 Å². The van der Waals surface area contributed by atoms with Gasteiger partial charge in [-0.15, -0.1) is 0 Å². The third-order valence-corrected chi connectivity index (χ3v) is 4.34. The smallest absolute Gasteiger partial charge is 0.249 e. The molecule has 6 heteroatoms. The predicted molar refractivity (Wildman–Crippen MR) is 92.9 cm³/mol. The number of anilines is 1. The Kier molecular flexibility index (Phi) is 5.11. The molecule has 1 aliphatic heterocycles. The molecule has 2 aromatic rings. The van der Waals surface area contributed by atoms with E-state index < -0.39 is 6.04 Å². The van der Waals surface area contributed by atoms with Crippen LogP contribution < -0.4 is 10.2 Å². The minimum Gasteiger partial charge on any atom is -0.344 e. The van der Waals surface area contributed by atoms with E-state index in [0.717, 1.165) is 5.69 Å². The number of halogens is 1. The van der Waals surface area contributed by atoms with E-state index in [-0.39, 0.29) is 11.8 Å². The standard InChI is InChI=1S/C18H18ClN3O2/c19-14-6-1-2-7-16(14)22-12-10-15(18(22)24)21-17(23)9-8-13-5-3-4-11-20-13/h1-7,11,15H,8-10,12H2,(H,21,23)/t15-/m0/s1. The fourth-order valence-electron chi connectivity index (χ4n) is 2.78. The Balaban J connectivity index is 1.56. The maximum absolute atomic E-state index is 12.5. The average Bonchev–Trinajstić information content (AvgIpc) is 2.95. The summed E-state index contributed by atoms with van der Waals surface area (Å²) in [5.41, 5.74) is 1.55. The zero-order valence-corrected chi connectivity index (χ0v) is 13.9. The van der Waals surface area contributed by atoms with Crippen LogP contribution in [-0.2, 0) is 16.0 Å². The van der Waals surface area contributed by atoms with Gasteiger partial charge in [0.15, 0.2) is 0 Å². The van der Waals surface area contributed by atoms with Crippen molar-refractivity contribution in [2.45, 2.75) is 25.3 Å². The SMILES string of the molecule is O=C(CCc1ccccn1)N[C@H]1CCN(c2ccccc2Cl)C1=O. The number of carbonyl (C=O) groups is 2. The van der Waals surface area contributed by atoms with E-state index >= 15 is 0 Å². The molecule has 1 atom stereocenters. The molecule has 0 spiro atoms. The molecule has 1 fully saturated rings. The molecule has 24 heavy (non-hydrogen) atoms. The molecule has 0 saturated carbocycles. The molecule has 1 aliphatic rings. The van der Waals surface area contributed by atoms with Crippen LogP contribution in [0.1, 0.15) is 18.5 Å². The normalized spacial score (nSPS) is 17.1. The molecule has 0 aliphatic carbocycles. The lowest BCUT2D eigenvalue weighted by molar-refractivity contribution is -0.126. The summed E-state index contributed by atoms with van der Waals surface area (Å²) in [5, 5.41) is 3.35. The first-order chi connectivity index (χ1) is 11.6. The number of benzene rings is 1. The lowest BCUT2D eigenvalue weighted by Gasteiger charge is -2.18. The molecular weight excluding hydrogens is 326 g/mol. The van der Waals surface area contributed by atoms with Crippen LogP contribution in [0.2, 0.25) is 5.02 Å². The third kappa shape index (κ3) is 3.74. The average molecular weight is 344 g/mol. The predicted octanol–water partition coefficient (Wildman–Crippen LogP) is 2.59. The summed E-state index contributed by atoms with van der Waals surface area (Å²) < 4.78 is 0. The second kappa shape index (κ2) is 7.45. The van der Waals surface area contributed by atoms with Gasteiger partial charge in [-0.1, -0.05) is 29.8 Å². The van der Waals surface area contributed by atoms with Gasteiger partial charge in [0.2, 0.25) is 11.8 Å². The summed E-state index contributed by atoms with van der Waals surface area (Å²) >= 11 is 6.15. The van der Waals surface area contributed by atoms with Gasteiger partial charge in [0.25, 0.3) is 0 Å². The number of hydrogen-bond donors (Lipinski definition) is 1. The monoisotopic (exact) mass is 343 g/mol. The number of nitrogens with one attached hydrogen (secondary N) is 1. The summed E-state index contributed by atoms with van der Waals surface area (Å²) in [5.74, 6) is -0.255. The first kappa shape index (κ1) is 16.5. The molecule has 0 bridgehead atoms. The number of amides is 2. The summed E-state index contributed by atoms with van der Waals surface area (Å²) in [6, 6.07) is 12.3. The zero-order chi connectivity index (χ0) is 16.9. The highest BCUT2D eigenvalue weighted by molar-refractivity contribution is 6.34. The van der Waals surface area contributed by atoms with Crippen LogP contribution in [0, 0.1) is 0 Å². The minimum absolute atomic E-state index is 0.116. The minimum atomic E-state index is -0.488. The first-order valence-corrected chi connectivity index (χ1v) is 8.28. The van der Waals surface area contributed by atoms with Crippen molar-refractivity contribution in [2.75, 3.05) is 11.4 Å². The first-order valence-electron chi connectivity index (χ1n) is 7.90. The van der Waals surface area contributed by atoms with Gasteiger partial charge in [0.1, 0.15) is 6.04 Å². The van der Waals surface area contributed by atoms with Gasteiger partial charge in [0.05, 0.1) is 10.7 Å². The number of aromatic nitrogens is 1. The number of pyridine rings is 1. The van der Waals surface area contributed by atoms with Crippen LogP contribution in [0.3, 0.4) is 0 Å². The lowest BCUT2D eigenvalue weighted by atomic mass is 10.2. The van der Waals surface area contributed by atoms with Crippen LogP contribution in [0.5, 0.6) is 0 Å². The number of para-hydroxylation sites is 1. The van der Waals surface area contributed by atoms with Crippen molar-refractivity contribution in [2.24, 2.45) is 0 Å². The van der Waals surface area contributed by atoms with E-state index in [1.54, 1.807) is 17.2 Å². The van der Waals surface area contributed by atoms with Crippen molar-refractivity contribution in [1.82, 2.24) is 10.3 Å². The maximum atomic E-state index is 12.5. The molecule has 0 unspecified atom stereocenters. The zero-order valence-electron chi connectivity index (χ0n) is 13.1. The Morgan fingerprint density at radius 3 is 2.79 bits per heavy atom. The summed E-state index contributed by atoms with van der Waals surface area (Å²) in [4.78, 5) is 30.4. The van der Waals surface area contributed by atoms with E-state index in [2.05, 4.69) is 10.3 Å². The second-order valence-corrected chi connectivity index (χ2v) is 6.08. The Hall–Kier alpha value is -2.40. The third-order valence-electron chi connectivity index (χ3n) is 4.02. The highest BCUT2D eigenvalue weighted by Crippen LogP contribution is 2.28. The molecular formula is C18H18ClN3O2. The Morgan fingerprint density at radius 2 is 2.04 bits per heavy atom. The van der Waals surface area contributed by atoms with Crippen molar-refractivity contribution in [3.8, 4) is 0 Å². The quantitative estimate of drug-likeness (QED) is 0.907. The van der Waals surface area contributed by atoms with E-state index in [4.69, 9.17) is 11.6 Å². The molecule has 0 radical (unpaired) electrons. The number of hydrogen-bond acceptors (Lipinski definition) is 3. The van der Waals surface area contributed by atoms with Crippen LogP contribution in [0.4, 0.5) is 5.69 Å². The summed E-state index contributed by atoms with van der Waals surface area (Å²) in [6.45, 7) is 0.549. The van der Waals surface area contributed by atoms with Gasteiger partial charge < -0.3 is 10.2 Å². The van der Waals surface area contributed by atoms with E-state index in [1.807, 2.05) is 36.4 Å². The van der Waals surface area contributed by atoms with Gasteiger partial charge in [-0.05, 0) is 37.1 Å². The van der Waals surface area contributed by atoms with Crippen molar-refractivity contribution in [1.29, 1.82) is 0 Å². The molecule has 1 aromatic carbocycles.